The van der Waals surface area contributed by atoms with E-state index in [1.54, 1.807) is 19.5 Å². The van der Waals surface area contributed by atoms with Gasteiger partial charge in [-0.05, 0) is 35.2 Å². The van der Waals surface area contributed by atoms with Crippen molar-refractivity contribution in [2.75, 3.05) is 7.11 Å². The van der Waals surface area contributed by atoms with Crippen LogP contribution in [0.4, 0.5) is 0 Å². The van der Waals surface area contributed by atoms with E-state index < -0.39 is 0 Å². The number of nitrogens with zero attached hydrogens (tertiary/aromatic N) is 4. The molecule has 0 spiro atoms. The molecule has 1 aromatic heterocycles. The highest BCUT2D eigenvalue weighted by Gasteiger charge is 2.27. The molecule has 0 unspecified atom stereocenters. The topological polar surface area (TPSA) is 67.7 Å². The lowest BCUT2D eigenvalue weighted by Gasteiger charge is -2.29. The number of ether oxygens (including phenoxy) is 1. The Hall–Kier alpha value is -3.54. The number of methoxy groups -OCH3 is 1. The third-order valence-corrected chi connectivity index (χ3v) is 5.72. The van der Waals surface area contributed by atoms with Crippen LogP contribution in [0.2, 0.25) is 0 Å². The van der Waals surface area contributed by atoms with Gasteiger partial charge in [0.15, 0.2) is 0 Å². The van der Waals surface area contributed by atoms with Crippen LogP contribution in [0.5, 0.6) is 6.01 Å². The Morgan fingerprint density at radius 1 is 1.03 bits per heavy atom. The summed E-state index contributed by atoms with van der Waals surface area (Å²) in [5.74, 6) is 0.172. The molecule has 0 saturated heterocycles. The molecule has 1 amide bonds. The molecule has 2 aliphatic rings. The third kappa shape index (κ3) is 3.34. The summed E-state index contributed by atoms with van der Waals surface area (Å²) in [5, 5.41) is 0. The van der Waals surface area contributed by atoms with Crippen LogP contribution in [0.1, 0.15) is 38.9 Å². The minimum atomic E-state index is 0.172. The molecule has 0 radical (unpaired) electrons. The van der Waals surface area contributed by atoms with Crippen LogP contribution in [-0.4, -0.2) is 33.6 Å². The number of fused-ring (bicyclic) bond motifs is 2. The first-order valence-electron chi connectivity index (χ1n) is 10.00. The van der Waals surface area contributed by atoms with Crippen molar-refractivity contribution in [3.8, 4) is 6.01 Å². The second-order valence-corrected chi connectivity index (χ2v) is 7.81. The number of benzene rings is 2. The summed E-state index contributed by atoms with van der Waals surface area (Å²) in [7, 11) is 1.55. The maximum absolute atomic E-state index is 12.7. The van der Waals surface area contributed by atoms with Gasteiger partial charge in [0.25, 0.3) is 0 Å². The van der Waals surface area contributed by atoms with E-state index in [9.17, 15) is 4.79 Å². The number of hydrogen-bond acceptors (Lipinski definition) is 5. The smallest absolute Gasteiger partial charge is 0.316 e. The molecular weight excluding hydrogens is 376 g/mol. The average molecular weight is 398 g/mol. The molecule has 3 aromatic rings. The zero-order valence-electron chi connectivity index (χ0n) is 17.1. The lowest BCUT2D eigenvalue weighted by atomic mass is 9.91. The molecule has 0 atom stereocenters. The largest absolute Gasteiger partial charge is 0.467 e. The maximum Gasteiger partial charge on any atom is 0.316 e. The first kappa shape index (κ1) is 18.5. The molecule has 2 aromatic carbocycles. The number of aromatic nitrogens is 2. The molecule has 150 valence electrons. The molecule has 0 N–H and O–H groups in total. The SMILES string of the molecule is COc1ncc(C2=NCc3cc4c(cc32)CN(Cc2ccc(C)cc2)C(=O)C4)cn1. The van der Waals surface area contributed by atoms with Crippen LogP contribution in [-0.2, 0) is 30.8 Å². The number of aryl methyl sites for hydroxylation is 1. The van der Waals surface area contributed by atoms with E-state index >= 15 is 0 Å². The summed E-state index contributed by atoms with van der Waals surface area (Å²) in [6.07, 6.45) is 3.92. The van der Waals surface area contributed by atoms with Gasteiger partial charge in [0.2, 0.25) is 5.91 Å². The monoisotopic (exact) mass is 398 g/mol. The second kappa shape index (κ2) is 7.37. The van der Waals surface area contributed by atoms with E-state index in [0.717, 1.165) is 33.5 Å². The Bertz CT molecular complexity index is 1150. The summed E-state index contributed by atoms with van der Waals surface area (Å²) in [6, 6.07) is 13.0. The van der Waals surface area contributed by atoms with E-state index in [4.69, 9.17) is 9.73 Å². The summed E-state index contributed by atoms with van der Waals surface area (Å²) in [4.78, 5) is 27.8. The van der Waals surface area contributed by atoms with E-state index in [1.165, 1.54) is 11.1 Å². The van der Waals surface area contributed by atoms with Gasteiger partial charge in [0, 0.05) is 36.6 Å². The fraction of sp³-hybridized carbons (Fsp3) is 0.250. The van der Waals surface area contributed by atoms with E-state index in [2.05, 4.69) is 53.3 Å². The van der Waals surface area contributed by atoms with Crippen LogP contribution in [0.15, 0.2) is 53.8 Å². The predicted molar refractivity (Wildman–Crippen MR) is 114 cm³/mol. The van der Waals surface area contributed by atoms with Crippen LogP contribution in [0, 0.1) is 6.92 Å². The first-order valence-corrected chi connectivity index (χ1v) is 10.00. The van der Waals surface area contributed by atoms with Crippen molar-refractivity contribution in [3.05, 3.63) is 87.7 Å². The quantitative estimate of drug-likeness (QED) is 0.677. The Balaban J connectivity index is 1.42. The summed E-state index contributed by atoms with van der Waals surface area (Å²) in [6.45, 7) is 3.93. The van der Waals surface area contributed by atoms with Gasteiger partial charge in [0.05, 0.1) is 25.8 Å². The number of carbonyl (C=O) groups is 1. The summed E-state index contributed by atoms with van der Waals surface area (Å²) in [5.41, 5.74) is 8.70. The first-order chi connectivity index (χ1) is 14.6. The van der Waals surface area contributed by atoms with Gasteiger partial charge in [-0.15, -0.1) is 0 Å². The van der Waals surface area contributed by atoms with Crippen molar-refractivity contribution in [1.29, 1.82) is 0 Å². The zero-order chi connectivity index (χ0) is 20.7. The highest BCUT2D eigenvalue weighted by molar-refractivity contribution is 6.15. The molecule has 0 fully saturated rings. The number of rotatable bonds is 4. The zero-order valence-corrected chi connectivity index (χ0v) is 17.1. The van der Waals surface area contributed by atoms with Gasteiger partial charge in [-0.3, -0.25) is 9.79 Å². The van der Waals surface area contributed by atoms with E-state index in [0.29, 0.717) is 32.1 Å². The number of carbonyl (C=O) groups excluding carboxylic acids is 1. The number of aliphatic imine (C=N–C) groups is 1. The molecule has 2 aliphatic heterocycles. The van der Waals surface area contributed by atoms with Crippen LogP contribution >= 0.6 is 0 Å². The van der Waals surface area contributed by atoms with Gasteiger partial charge in [0.1, 0.15) is 0 Å². The fourth-order valence-electron chi connectivity index (χ4n) is 4.07. The van der Waals surface area contributed by atoms with Gasteiger partial charge >= 0.3 is 6.01 Å². The number of hydrogen-bond donors (Lipinski definition) is 0. The van der Waals surface area contributed by atoms with Gasteiger partial charge in [-0.25, -0.2) is 9.97 Å². The predicted octanol–water partition coefficient (Wildman–Crippen LogP) is 3.23. The van der Waals surface area contributed by atoms with Crippen molar-refractivity contribution < 1.29 is 9.53 Å². The van der Waals surface area contributed by atoms with Crippen molar-refractivity contribution in [2.24, 2.45) is 4.99 Å². The Labute approximate surface area is 175 Å². The van der Waals surface area contributed by atoms with Gasteiger partial charge < -0.3 is 9.64 Å². The van der Waals surface area contributed by atoms with Crippen LogP contribution in [0.3, 0.4) is 0 Å². The van der Waals surface area contributed by atoms with Crippen LogP contribution in [0.25, 0.3) is 0 Å². The molecular formula is C24H22N4O2. The Morgan fingerprint density at radius 3 is 2.53 bits per heavy atom. The van der Waals surface area contributed by atoms with Gasteiger partial charge in [-0.1, -0.05) is 35.9 Å². The molecule has 0 aliphatic carbocycles. The minimum absolute atomic E-state index is 0.172. The van der Waals surface area contributed by atoms with E-state index in [1.807, 2.05) is 4.90 Å². The molecule has 5 rings (SSSR count). The molecule has 0 saturated carbocycles. The Morgan fingerprint density at radius 2 is 1.80 bits per heavy atom. The molecule has 30 heavy (non-hydrogen) atoms. The van der Waals surface area contributed by atoms with Crippen molar-refractivity contribution >= 4 is 11.6 Å². The second-order valence-electron chi connectivity index (χ2n) is 7.81. The van der Waals surface area contributed by atoms with Crippen LogP contribution < -0.4 is 4.74 Å². The standard InChI is InChI=1S/C24H22N4O2/c1-15-3-5-16(6-4-15)13-28-14-19-8-21-18(7-17(19)9-22(28)29)10-25-23(21)20-11-26-24(30-2)27-12-20/h3-8,11-12H,9-10,13-14H2,1-2H3. The van der Waals surface area contributed by atoms with Crippen molar-refractivity contribution in [3.63, 3.8) is 0 Å². The lowest BCUT2D eigenvalue weighted by molar-refractivity contribution is -0.132. The molecule has 6 heteroatoms. The minimum Gasteiger partial charge on any atom is -0.467 e. The van der Waals surface area contributed by atoms with Gasteiger partial charge in [-0.2, -0.15) is 0 Å². The Kier molecular flexibility index (Phi) is 4.54. The average Bonchev–Trinajstić information content (AvgIpc) is 3.17. The summed E-state index contributed by atoms with van der Waals surface area (Å²) >= 11 is 0. The summed E-state index contributed by atoms with van der Waals surface area (Å²) < 4.78 is 5.05. The highest BCUT2D eigenvalue weighted by Crippen LogP contribution is 2.30. The van der Waals surface area contributed by atoms with Crippen molar-refractivity contribution in [1.82, 2.24) is 14.9 Å². The fourth-order valence-corrected chi connectivity index (χ4v) is 4.07. The van der Waals surface area contributed by atoms with Crippen molar-refractivity contribution in [2.45, 2.75) is 33.0 Å². The highest BCUT2D eigenvalue weighted by atomic mass is 16.5. The lowest BCUT2D eigenvalue weighted by Crippen LogP contribution is -2.35. The molecule has 3 heterocycles. The number of amides is 1. The third-order valence-electron chi connectivity index (χ3n) is 5.72. The van der Waals surface area contributed by atoms with E-state index in [-0.39, 0.29) is 5.91 Å². The molecule has 6 nitrogen and oxygen atoms in total. The maximum atomic E-state index is 12.7. The molecule has 0 bridgehead atoms. The normalized spacial score (nSPS) is 14.9.